The molecule has 1 N–H and O–H groups in total. The number of pyridine rings is 1. The number of hydrogen-bond donors (Lipinski definition) is 1. The first kappa shape index (κ1) is 19.7. The quantitative estimate of drug-likeness (QED) is 0.232. The third-order valence-electron chi connectivity index (χ3n) is 3.83. The molecule has 0 saturated heterocycles. The lowest BCUT2D eigenvalue weighted by molar-refractivity contribution is 0.304. The van der Waals surface area contributed by atoms with E-state index in [2.05, 4.69) is 15.3 Å². The molecule has 136 valence electrons. The van der Waals surface area contributed by atoms with Gasteiger partial charge in [-0.15, -0.1) is 0 Å². The van der Waals surface area contributed by atoms with Crippen LogP contribution >= 0.6 is 11.6 Å². The fourth-order valence-corrected chi connectivity index (χ4v) is 2.53. The number of aliphatic imine (C=N–C) groups is 1. The molecular weight excluding hydrogens is 348 g/mol. The van der Waals surface area contributed by atoms with E-state index in [1.54, 1.807) is 12.4 Å². The summed E-state index contributed by atoms with van der Waals surface area (Å²) < 4.78 is 5.74. The molecule has 0 aliphatic carbocycles. The van der Waals surface area contributed by atoms with Crippen LogP contribution in [0.3, 0.4) is 0 Å². The van der Waals surface area contributed by atoms with Gasteiger partial charge in [0.25, 0.3) is 0 Å². The van der Waals surface area contributed by atoms with Crippen LogP contribution in [-0.4, -0.2) is 24.0 Å². The second-order valence-corrected chi connectivity index (χ2v) is 6.29. The maximum Gasteiger partial charge on any atom is 0.182 e. The van der Waals surface area contributed by atoms with E-state index in [0.717, 1.165) is 47.6 Å². The molecular formula is C20H23ClN4O. The number of unbranched alkanes of at least 4 members (excludes halogenated alkanes) is 3. The van der Waals surface area contributed by atoms with E-state index in [4.69, 9.17) is 21.6 Å². The molecule has 1 aromatic heterocycles. The number of halogens is 1. The van der Waals surface area contributed by atoms with Crippen molar-refractivity contribution in [3.63, 3.8) is 0 Å². The molecule has 26 heavy (non-hydrogen) atoms. The zero-order valence-electron chi connectivity index (χ0n) is 14.9. The predicted molar refractivity (Wildman–Crippen MR) is 105 cm³/mol. The van der Waals surface area contributed by atoms with Gasteiger partial charge < -0.3 is 4.74 Å². The van der Waals surface area contributed by atoms with Crippen molar-refractivity contribution < 1.29 is 4.74 Å². The number of nitriles is 1. The molecule has 0 atom stereocenters. The Kier molecular flexibility index (Phi) is 8.44. The number of hydrogen-bond acceptors (Lipinski definition) is 4. The third-order valence-corrected chi connectivity index (χ3v) is 4.25. The predicted octanol–water partition coefficient (Wildman–Crippen LogP) is 4.50. The number of ether oxygens (including phenoxy) is 1. The van der Waals surface area contributed by atoms with E-state index in [-0.39, 0.29) is 0 Å². The van der Waals surface area contributed by atoms with Crippen molar-refractivity contribution in [1.29, 1.82) is 5.26 Å². The summed E-state index contributed by atoms with van der Waals surface area (Å²) in [4.78, 5) is 8.52. The first-order chi connectivity index (χ1) is 12.7. The highest BCUT2D eigenvalue weighted by atomic mass is 35.5. The number of rotatable bonds is 9. The molecule has 0 amide bonds. The van der Waals surface area contributed by atoms with Crippen LogP contribution in [0.5, 0.6) is 5.75 Å². The number of nitrogens with zero attached hydrogens (tertiary/aromatic N) is 3. The van der Waals surface area contributed by atoms with Gasteiger partial charge in [0.15, 0.2) is 6.19 Å². The van der Waals surface area contributed by atoms with Crippen LogP contribution in [-0.2, 0) is 0 Å². The second-order valence-electron chi connectivity index (χ2n) is 5.88. The van der Waals surface area contributed by atoms with E-state index < -0.39 is 0 Å². The maximum absolute atomic E-state index is 8.84. The van der Waals surface area contributed by atoms with Crippen molar-refractivity contribution in [2.75, 3.05) is 13.2 Å². The average Bonchev–Trinajstić information content (AvgIpc) is 2.66. The second kappa shape index (κ2) is 11.1. The van der Waals surface area contributed by atoms with E-state index in [0.29, 0.717) is 19.0 Å². The lowest BCUT2D eigenvalue weighted by atomic mass is 10.2. The molecule has 0 unspecified atom stereocenters. The van der Waals surface area contributed by atoms with E-state index in [9.17, 15) is 0 Å². The van der Waals surface area contributed by atoms with Gasteiger partial charge in [0.05, 0.1) is 6.61 Å². The van der Waals surface area contributed by atoms with Gasteiger partial charge in [0.1, 0.15) is 11.6 Å². The first-order valence-electron chi connectivity index (χ1n) is 8.69. The molecule has 0 aliphatic rings. The summed E-state index contributed by atoms with van der Waals surface area (Å²) in [6, 6.07) is 9.42. The van der Waals surface area contributed by atoms with Crippen LogP contribution < -0.4 is 10.1 Å². The number of amidine groups is 1. The third kappa shape index (κ3) is 6.73. The highest BCUT2D eigenvalue weighted by molar-refractivity contribution is 6.31. The normalized spacial score (nSPS) is 11.0. The van der Waals surface area contributed by atoms with Crippen LogP contribution in [0.4, 0.5) is 0 Å². The Balaban J connectivity index is 1.63. The number of nitrogens with one attached hydrogen (secondary N) is 1. The van der Waals surface area contributed by atoms with Gasteiger partial charge in [-0.2, -0.15) is 5.26 Å². The van der Waals surface area contributed by atoms with Gasteiger partial charge in [0.2, 0.25) is 0 Å². The summed E-state index contributed by atoms with van der Waals surface area (Å²) in [6.45, 7) is 3.34. The Bertz CT molecular complexity index is 756. The molecule has 0 fully saturated rings. The number of benzene rings is 1. The van der Waals surface area contributed by atoms with Gasteiger partial charge in [-0.25, -0.2) is 0 Å². The summed E-state index contributed by atoms with van der Waals surface area (Å²) in [7, 11) is 0. The smallest absolute Gasteiger partial charge is 0.182 e. The summed E-state index contributed by atoms with van der Waals surface area (Å²) >= 11 is 6.00. The lowest BCUT2D eigenvalue weighted by Gasteiger charge is -2.07. The van der Waals surface area contributed by atoms with E-state index in [1.165, 1.54) is 0 Å². The van der Waals surface area contributed by atoms with Crippen molar-refractivity contribution in [2.45, 2.75) is 32.6 Å². The molecule has 6 heteroatoms. The molecule has 5 nitrogen and oxygen atoms in total. The number of aromatic nitrogens is 1. The first-order valence-corrected chi connectivity index (χ1v) is 9.07. The standard InChI is InChI=1S/C20H23ClN4O/c1-16-13-18(8-9-19(16)21)26-12-5-3-2-4-11-24-20(25-15-22)17-7-6-10-23-14-17/h6-10,13-14H,2-5,11-12H2,1H3,(H,24,25). The van der Waals surface area contributed by atoms with Crippen LogP contribution in [0.15, 0.2) is 47.7 Å². The molecule has 0 spiro atoms. The van der Waals surface area contributed by atoms with Crippen LogP contribution in [0.25, 0.3) is 0 Å². The Morgan fingerprint density at radius 3 is 2.85 bits per heavy atom. The van der Waals surface area contributed by atoms with Crippen molar-refractivity contribution in [3.8, 4) is 11.9 Å². The Morgan fingerprint density at radius 2 is 2.12 bits per heavy atom. The van der Waals surface area contributed by atoms with Gasteiger partial charge in [-0.3, -0.25) is 15.3 Å². The Morgan fingerprint density at radius 1 is 1.27 bits per heavy atom. The van der Waals surface area contributed by atoms with Gasteiger partial charge in [-0.05, 0) is 62.1 Å². The van der Waals surface area contributed by atoms with Crippen molar-refractivity contribution >= 4 is 17.4 Å². The topological polar surface area (TPSA) is 70.3 Å². The largest absolute Gasteiger partial charge is 0.494 e. The molecule has 0 aliphatic heterocycles. The van der Waals surface area contributed by atoms with Gasteiger partial charge in [0, 0.05) is 29.5 Å². The highest BCUT2D eigenvalue weighted by Gasteiger charge is 2.02. The van der Waals surface area contributed by atoms with Crippen LogP contribution in [0.2, 0.25) is 5.02 Å². The van der Waals surface area contributed by atoms with Crippen molar-refractivity contribution in [3.05, 3.63) is 58.9 Å². The van der Waals surface area contributed by atoms with Crippen LogP contribution in [0, 0.1) is 18.4 Å². The summed E-state index contributed by atoms with van der Waals surface area (Å²) in [5.41, 5.74) is 1.85. The lowest BCUT2D eigenvalue weighted by Crippen LogP contribution is -2.19. The maximum atomic E-state index is 8.84. The molecule has 0 saturated carbocycles. The average molecular weight is 371 g/mol. The Hall–Kier alpha value is -2.58. The zero-order valence-corrected chi connectivity index (χ0v) is 15.7. The molecule has 1 aromatic carbocycles. The Labute approximate surface area is 159 Å². The zero-order chi connectivity index (χ0) is 18.6. The number of aryl methyl sites for hydroxylation is 1. The minimum Gasteiger partial charge on any atom is -0.494 e. The summed E-state index contributed by atoms with van der Waals surface area (Å²) in [5, 5.41) is 12.2. The minimum absolute atomic E-state index is 0.571. The minimum atomic E-state index is 0.571. The van der Waals surface area contributed by atoms with Crippen LogP contribution in [0.1, 0.15) is 36.8 Å². The summed E-state index contributed by atoms with van der Waals surface area (Å²) in [5.74, 6) is 1.43. The SMILES string of the molecule is Cc1cc(OCCCCCCN=C(NC#N)c2cccnc2)ccc1Cl. The van der Waals surface area contributed by atoms with E-state index >= 15 is 0 Å². The molecule has 2 aromatic rings. The van der Waals surface area contributed by atoms with E-state index in [1.807, 2.05) is 43.4 Å². The molecule has 1 heterocycles. The van der Waals surface area contributed by atoms with Crippen molar-refractivity contribution in [2.24, 2.45) is 4.99 Å². The summed E-state index contributed by atoms with van der Waals surface area (Å²) in [6.07, 6.45) is 9.43. The fraction of sp³-hybridized carbons (Fsp3) is 0.350. The molecule has 0 bridgehead atoms. The highest BCUT2D eigenvalue weighted by Crippen LogP contribution is 2.21. The molecule has 2 rings (SSSR count). The van der Waals surface area contributed by atoms with Gasteiger partial charge >= 0.3 is 0 Å². The fourth-order valence-electron chi connectivity index (χ4n) is 2.41. The monoisotopic (exact) mass is 370 g/mol. The van der Waals surface area contributed by atoms with Crippen molar-refractivity contribution in [1.82, 2.24) is 10.3 Å². The molecule has 0 radical (unpaired) electrons. The van der Waals surface area contributed by atoms with Gasteiger partial charge in [-0.1, -0.05) is 18.0 Å².